The van der Waals surface area contributed by atoms with Gasteiger partial charge in [0.05, 0.1) is 5.69 Å². The fourth-order valence-corrected chi connectivity index (χ4v) is 2.51. The lowest BCUT2D eigenvalue weighted by molar-refractivity contribution is -0.118. The summed E-state index contributed by atoms with van der Waals surface area (Å²) in [6.07, 6.45) is 0. The van der Waals surface area contributed by atoms with E-state index in [-0.39, 0.29) is 12.3 Å². The number of hydrogen-bond acceptors (Lipinski definition) is 2. The van der Waals surface area contributed by atoms with Gasteiger partial charge in [-0.15, -0.1) is 0 Å². The van der Waals surface area contributed by atoms with Crippen molar-refractivity contribution < 1.29 is 18.3 Å². The Bertz CT molecular complexity index is 915. The monoisotopic (exact) mass is 347 g/mol. The largest absolute Gasteiger partial charge is 0.483 e. The topological polar surface area (TPSA) is 38.3 Å². The molecule has 3 rings (SSSR count). The van der Waals surface area contributed by atoms with Crippen molar-refractivity contribution in [1.82, 2.24) is 0 Å². The second-order valence-corrected chi connectivity index (χ2v) is 5.46. The number of carbonyl (C=O) groups is 1. The maximum atomic E-state index is 13.5. The first kappa shape index (κ1) is 16.2. The van der Waals surface area contributed by atoms with Crippen LogP contribution in [0.4, 0.5) is 14.5 Å². The first-order chi connectivity index (χ1) is 11.5. The van der Waals surface area contributed by atoms with Crippen LogP contribution >= 0.6 is 11.6 Å². The molecule has 1 N–H and O–H groups in total. The van der Waals surface area contributed by atoms with Crippen molar-refractivity contribution >= 4 is 34.0 Å². The first-order valence-corrected chi connectivity index (χ1v) is 7.47. The molecule has 0 heterocycles. The van der Waals surface area contributed by atoms with Crippen LogP contribution in [0.1, 0.15) is 0 Å². The average Bonchev–Trinajstić information content (AvgIpc) is 2.57. The molecule has 0 aliphatic heterocycles. The van der Waals surface area contributed by atoms with Crippen LogP contribution in [0.5, 0.6) is 5.75 Å². The summed E-state index contributed by atoms with van der Waals surface area (Å²) in [5.74, 6) is -1.63. The van der Waals surface area contributed by atoms with Gasteiger partial charge in [0.25, 0.3) is 5.91 Å². The van der Waals surface area contributed by atoms with E-state index in [2.05, 4.69) is 5.32 Å². The van der Waals surface area contributed by atoms with Gasteiger partial charge in [-0.3, -0.25) is 4.79 Å². The third kappa shape index (κ3) is 3.46. The van der Waals surface area contributed by atoms with Crippen LogP contribution in [0.25, 0.3) is 10.8 Å². The molecular weight excluding hydrogens is 336 g/mol. The number of anilines is 1. The number of nitrogens with one attached hydrogen (secondary N) is 1. The SMILES string of the molecule is O=C(COc1ccc(Cl)c2ccccc12)Nc1ccc(F)cc1F. The molecule has 24 heavy (non-hydrogen) atoms. The zero-order chi connectivity index (χ0) is 17.1. The lowest BCUT2D eigenvalue weighted by atomic mass is 10.1. The summed E-state index contributed by atoms with van der Waals surface area (Å²) in [6, 6.07) is 13.6. The van der Waals surface area contributed by atoms with E-state index in [9.17, 15) is 13.6 Å². The van der Waals surface area contributed by atoms with Gasteiger partial charge < -0.3 is 10.1 Å². The van der Waals surface area contributed by atoms with Gasteiger partial charge in [-0.1, -0.05) is 35.9 Å². The van der Waals surface area contributed by atoms with E-state index in [0.29, 0.717) is 16.8 Å². The second-order valence-electron chi connectivity index (χ2n) is 5.05. The molecule has 0 radical (unpaired) electrons. The highest BCUT2D eigenvalue weighted by atomic mass is 35.5. The summed E-state index contributed by atoms with van der Waals surface area (Å²) in [6.45, 7) is -0.317. The Hall–Kier alpha value is -2.66. The van der Waals surface area contributed by atoms with E-state index in [1.54, 1.807) is 12.1 Å². The molecule has 0 aliphatic carbocycles. The summed E-state index contributed by atoms with van der Waals surface area (Å²) in [7, 11) is 0. The number of carbonyl (C=O) groups excluding carboxylic acids is 1. The Balaban J connectivity index is 1.72. The van der Waals surface area contributed by atoms with Crippen molar-refractivity contribution in [2.75, 3.05) is 11.9 Å². The van der Waals surface area contributed by atoms with E-state index in [1.165, 1.54) is 0 Å². The van der Waals surface area contributed by atoms with Crippen LogP contribution in [0.2, 0.25) is 5.02 Å². The molecule has 3 aromatic carbocycles. The molecule has 0 spiro atoms. The quantitative estimate of drug-likeness (QED) is 0.737. The Morgan fingerprint density at radius 1 is 1.04 bits per heavy atom. The molecule has 0 unspecified atom stereocenters. The number of ether oxygens (including phenoxy) is 1. The zero-order valence-electron chi connectivity index (χ0n) is 12.4. The van der Waals surface area contributed by atoms with Gasteiger partial charge in [0.2, 0.25) is 0 Å². The molecule has 1 amide bonds. The van der Waals surface area contributed by atoms with Crippen LogP contribution in [0.15, 0.2) is 54.6 Å². The second kappa shape index (κ2) is 6.84. The summed E-state index contributed by atoms with van der Waals surface area (Å²) in [4.78, 5) is 11.9. The van der Waals surface area contributed by atoms with Gasteiger partial charge in [-0.2, -0.15) is 0 Å². The van der Waals surface area contributed by atoms with E-state index in [1.807, 2.05) is 24.3 Å². The summed E-state index contributed by atoms with van der Waals surface area (Å²) in [5, 5.41) is 4.49. The van der Waals surface area contributed by atoms with Gasteiger partial charge >= 0.3 is 0 Å². The molecule has 0 saturated heterocycles. The minimum absolute atomic E-state index is 0.106. The predicted octanol–water partition coefficient (Wildman–Crippen LogP) is 4.79. The lowest BCUT2D eigenvalue weighted by Gasteiger charge is -2.11. The number of amides is 1. The van der Waals surface area contributed by atoms with E-state index in [0.717, 1.165) is 22.9 Å². The molecule has 3 nitrogen and oxygen atoms in total. The summed E-state index contributed by atoms with van der Waals surface area (Å²) >= 11 is 6.12. The van der Waals surface area contributed by atoms with Crippen molar-refractivity contribution in [3.63, 3.8) is 0 Å². The molecule has 0 aromatic heterocycles. The van der Waals surface area contributed by atoms with E-state index in [4.69, 9.17) is 16.3 Å². The Morgan fingerprint density at radius 2 is 1.79 bits per heavy atom. The molecule has 6 heteroatoms. The summed E-state index contributed by atoms with van der Waals surface area (Å²) in [5.41, 5.74) is -0.106. The third-order valence-electron chi connectivity index (χ3n) is 3.39. The normalized spacial score (nSPS) is 10.6. The Kier molecular flexibility index (Phi) is 4.62. The molecule has 0 atom stereocenters. The number of benzene rings is 3. The fourth-order valence-electron chi connectivity index (χ4n) is 2.28. The van der Waals surface area contributed by atoms with Crippen LogP contribution in [-0.4, -0.2) is 12.5 Å². The first-order valence-electron chi connectivity index (χ1n) is 7.09. The molecule has 122 valence electrons. The average molecular weight is 348 g/mol. The standard InChI is InChI=1S/C18H12ClF2NO2/c19-14-6-8-17(13-4-2-1-3-12(13)14)24-10-18(23)22-16-7-5-11(20)9-15(16)21/h1-9H,10H2,(H,22,23). The maximum Gasteiger partial charge on any atom is 0.262 e. The molecule has 0 saturated carbocycles. The van der Waals surface area contributed by atoms with Crippen molar-refractivity contribution in [3.05, 3.63) is 71.3 Å². The highest BCUT2D eigenvalue weighted by molar-refractivity contribution is 6.35. The molecule has 0 fully saturated rings. The van der Waals surface area contributed by atoms with E-state index >= 15 is 0 Å². The molecule has 0 aliphatic rings. The number of hydrogen-bond donors (Lipinski definition) is 1. The van der Waals surface area contributed by atoms with Gasteiger partial charge in [0, 0.05) is 21.9 Å². The van der Waals surface area contributed by atoms with Crippen molar-refractivity contribution in [2.45, 2.75) is 0 Å². The number of halogens is 3. The van der Waals surface area contributed by atoms with Gasteiger partial charge in [-0.25, -0.2) is 8.78 Å². The van der Waals surface area contributed by atoms with Gasteiger partial charge in [0.1, 0.15) is 17.4 Å². The molecule has 3 aromatic rings. The summed E-state index contributed by atoms with van der Waals surface area (Å²) < 4.78 is 31.9. The third-order valence-corrected chi connectivity index (χ3v) is 3.72. The highest BCUT2D eigenvalue weighted by Gasteiger charge is 2.10. The number of fused-ring (bicyclic) bond motifs is 1. The van der Waals surface area contributed by atoms with Crippen LogP contribution in [-0.2, 0) is 4.79 Å². The van der Waals surface area contributed by atoms with Crippen molar-refractivity contribution in [2.24, 2.45) is 0 Å². The Labute approximate surface area is 141 Å². The fraction of sp³-hybridized carbons (Fsp3) is 0.0556. The molecule has 0 bridgehead atoms. The Morgan fingerprint density at radius 3 is 2.54 bits per heavy atom. The van der Waals surface area contributed by atoms with Crippen LogP contribution in [0.3, 0.4) is 0 Å². The maximum absolute atomic E-state index is 13.5. The van der Waals surface area contributed by atoms with Crippen molar-refractivity contribution in [1.29, 1.82) is 0 Å². The van der Waals surface area contributed by atoms with Crippen LogP contribution in [0, 0.1) is 11.6 Å². The van der Waals surface area contributed by atoms with Gasteiger partial charge in [-0.05, 0) is 24.3 Å². The predicted molar refractivity (Wildman–Crippen MR) is 89.4 cm³/mol. The minimum atomic E-state index is -0.847. The lowest BCUT2D eigenvalue weighted by Crippen LogP contribution is -2.20. The van der Waals surface area contributed by atoms with E-state index < -0.39 is 17.5 Å². The smallest absolute Gasteiger partial charge is 0.262 e. The van der Waals surface area contributed by atoms with Crippen molar-refractivity contribution in [3.8, 4) is 5.75 Å². The highest BCUT2D eigenvalue weighted by Crippen LogP contribution is 2.31. The molecular formula is C18H12ClF2NO2. The minimum Gasteiger partial charge on any atom is -0.483 e. The number of rotatable bonds is 4. The van der Waals surface area contributed by atoms with Crippen LogP contribution < -0.4 is 10.1 Å². The van der Waals surface area contributed by atoms with Gasteiger partial charge in [0.15, 0.2) is 6.61 Å². The zero-order valence-corrected chi connectivity index (χ0v) is 13.1.